The van der Waals surface area contributed by atoms with Crippen molar-refractivity contribution in [2.24, 2.45) is 5.73 Å². The van der Waals surface area contributed by atoms with Gasteiger partial charge in [-0.1, -0.05) is 6.07 Å². The fourth-order valence-electron chi connectivity index (χ4n) is 4.42. The lowest BCUT2D eigenvalue weighted by Gasteiger charge is -2.38. The molecule has 0 radical (unpaired) electrons. The number of rotatable bonds is 9. The van der Waals surface area contributed by atoms with Crippen LogP contribution in [0.5, 0.6) is 5.75 Å². The molecular formula is C26H33F2N3O5S. The first-order valence-corrected chi connectivity index (χ1v) is 14.7. The molecule has 11 heteroatoms. The number of amides is 2. The predicted molar refractivity (Wildman–Crippen MR) is 139 cm³/mol. The van der Waals surface area contributed by atoms with E-state index in [1.54, 1.807) is 37.0 Å². The summed E-state index contributed by atoms with van der Waals surface area (Å²) in [4.78, 5) is 39.0. The van der Waals surface area contributed by atoms with Crippen LogP contribution in [-0.4, -0.2) is 65.8 Å². The third-order valence-electron chi connectivity index (χ3n) is 6.05. The molecule has 8 nitrogen and oxygen atoms in total. The topological polar surface area (TPSA) is 122 Å². The molecule has 37 heavy (non-hydrogen) atoms. The van der Waals surface area contributed by atoms with Crippen LogP contribution in [0.1, 0.15) is 36.9 Å². The second-order valence-corrected chi connectivity index (χ2v) is 13.7. The van der Waals surface area contributed by atoms with Gasteiger partial charge in [0.25, 0.3) is 5.91 Å². The standard InChI is InChI=1S/C26H33F2N3O5S/c1-5-36-17-6-7-18-15(12-17)10-11-31(26(35)21(29)8-9-22(32)33)23(18)25(34)30-16-13-19(27)24(20(28)14-16)37(2,3)4/h6-7,12-14,21,23H,5,8-11,29H2,1-4H3,(H,30,34)(H,32,33)/t21-,23-/m1/s1. The van der Waals surface area contributed by atoms with Crippen molar-refractivity contribution in [3.8, 4) is 5.75 Å². The smallest absolute Gasteiger partial charge is 0.303 e. The number of hydrogen-bond donors (Lipinski definition) is 3. The number of anilines is 1. The summed E-state index contributed by atoms with van der Waals surface area (Å²) < 4.78 is 35.2. The highest BCUT2D eigenvalue weighted by Crippen LogP contribution is 2.48. The molecule has 2 amide bonds. The van der Waals surface area contributed by atoms with Gasteiger partial charge in [-0.2, -0.15) is 0 Å². The second-order valence-electron chi connectivity index (χ2n) is 9.61. The van der Waals surface area contributed by atoms with Crippen LogP contribution in [0.15, 0.2) is 35.2 Å². The molecule has 0 fully saturated rings. The average molecular weight is 538 g/mol. The summed E-state index contributed by atoms with van der Waals surface area (Å²) in [5, 5.41) is 11.5. The molecule has 2 aromatic carbocycles. The average Bonchev–Trinajstić information content (AvgIpc) is 2.79. The van der Waals surface area contributed by atoms with Crippen molar-refractivity contribution in [1.82, 2.24) is 4.90 Å². The number of fused-ring (bicyclic) bond motifs is 1. The summed E-state index contributed by atoms with van der Waals surface area (Å²) in [6.45, 7) is 2.45. The molecule has 1 heterocycles. The van der Waals surface area contributed by atoms with E-state index in [1.807, 2.05) is 6.92 Å². The zero-order chi connectivity index (χ0) is 27.5. The number of carbonyl (C=O) groups excluding carboxylic acids is 2. The zero-order valence-electron chi connectivity index (χ0n) is 21.3. The number of nitrogens with zero attached hydrogens (tertiary/aromatic N) is 1. The largest absolute Gasteiger partial charge is 0.494 e. The first kappa shape index (κ1) is 28.4. The maximum atomic E-state index is 14.8. The van der Waals surface area contributed by atoms with Gasteiger partial charge in [0, 0.05) is 18.7 Å². The Bertz CT molecular complexity index is 1180. The van der Waals surface area contributed by atoms with Crippen LogP contribution in [0.3, 0.4) is 0 Å². The summed E-state index contributed by atoms with van der Waals surface area (Å²) in [5.74, 6) is -3.24. The molecule has 2 atom stereocenters. The number of halogens is 2. The number of nitrogens with two attached hydrogens (primary N) is 1. The Morgan fingerprint density at radius 3 is 2.41 bits per heavy atom. The quantitative estimate of drug-likeness (QED) is 0.449. The van der Waals surface area contributed by atoms with Crippen LogP contribution < -0.4 is 15.8 Å². The van der Waals surface area contributed by atoms with Gasteiger partial charge >= 0.3 is 5.97 Å². The molecule has 1 aliphatic heterocycles. The molecule has 0 aromatic heterocycles. The van der Waals surface area contributed by atoms with Crippen LogP contribution in [0, 0.1) is 11.6 Å². The van der Waals surface area contributed by atoms with Gasteiger partial charge in [-0.15, -0.1) is 0 Å². The molecule has 0 saturated carbocycles. The Hall–Kier alpha value is -3.18. The van der Waals surface area contributed by atoms with Crippen LogP contribution in [0.2, 0.25) is 0 Å². The van der Waals surface area contributed by atoms with Crippen LogP contribution in [0.4, 0.5) is 14.5 Å². The summed E-state index contributed by atoms with van der Waals surface area (Å²) in [5.41, 5.74) is 7.23. The SMILES string of the molecule is CCOc1ccc2c(c1)CCN(C(=O)[C@H](N)CCC(=O)O)[C@H]2C(=O)Nc1cc(F)c(S(C)(C)C)c(F)c1. The number of carboxylic acids is 1. The number of benzene rings is 2. The third-order valence-corrected chi connectivity index (χ3v) is 7.66. The fraction of sp³-hybridized carbons (Fsp3) is 0.423. The molecule has 4 N–H and O–H groups in total. The maximum absolute atomic E-state index is 14.8. The van der Waals surface area contributed by atoms with Gasteiger partial charge in [0.1, 0.15) is 23.4 Å². The minimum Gasteiger partial charge on any atom is -0.494 e. The Kier molecular flexibility index (Phi) is 8.80. The molecule has 3 rings (SSSR count). The van der Waals surface area contributed by atoms with E-state index < -0.39 is 51.5 Å². The van der Waals surface area contributed by atoms with Crippen molar-refractivity contribution >= 4 is 33.5 Å². The molecule has 0 spiro atoms. The molecule has 0 aliphatic carbocycles. The molecule has 1 aliphatic rings. The van der Waals surface area contributed by atoms with Gasteiger partial charge < -0.3 is 25.8 Å². The van der Waals surface area contributed by atoms with E-state index in [0.717, 1.165) is 17.7 Å². The Morgan fingerprint density at radius 1 is 1.19 bits per heavy atom. The van der Waals surface area contributed by atoms with Gasteiger partial charge in [-0.3, -0.25) is 14.4 Å². The summed E-state index contributed by atoms with van der Waals surface area (Å²) in [6.07, 6.45) is 5.32. The van der Waals surface area contributed by atoms with E-state index >= 15 is 0 Å². The molecule has 0 unspecified atom stereocenters. The third kappa shape index (κ3) is 6.58. The van der Waals surface area contributed by atoms with Crippen LogP contribution >= 0.6 is 10.0 Å². The van der Waals surface area contributed by atoms with Gasteiger partial charge in [-0.05, 0) is 73.9 Å². The number of hydrogen-bond acceptors (Lipinski definition) is 5. The fourth-order valence-corrected chi connectivity index (χ4v) is 5.71. The maximum Gasteiger partial charge on any atom is 0.303 e. The van der Waals surface area contributed by atoms with E-state index in [2.05, 4.69) is 5.32 Å². The van der Waals surface area contributed by atoms with Crippen LogP contribution in [-0.2, 0) is 20.8 Å². The summed E-state index contributed by atoms with van der Waals surface area (Å²) in [6, 6.07) is 5.04. The van der Waals surface area contributed by atoms with Crippen molar-refractivity contribution in [2.75, 3.05) is 37.2 Å². The van der Waals surface area contributed by atoms with E-state index in [9.17, 15) is 23.2 Å². The lowest BCUT2D eigenvalue weighted by molar-refractivity contribution is -0.141. The number of carbonyl (C=O) groups is 3. The van der Waals surface area contributed by atoms with Gasteiger partial charge in [0.2, 0.25) is 5.91 Å². The Morgan fingerprint density at radius 2 is 1.84 bits per heavy atom. The van der Waals surface area contributed by atoms with Gasteiger partial charge in [0.15, 0.2) is 0 Å². The Labute approximate surface area is 216 Å². The lowest BCUT2D eigenvalue weighted by Crippen LogP contribution is -2.51. The number of nitrogens with one attached hydrogen (secondary N) is 1. The minimum atomic E-state index is -1.70. The van der Waals surface area contributed by atoms with Crippen molar-refractivity contribution in [1.29, 1.82) is 0 Å². The lowest BCUT2D eigenvalue weighted by atomic mass is 9.90. The molecule has 0 bridgehead atoms. The van der Waals surface area contributed by atoms with E-state index in [1.165, 1.54) is 4.90 Å². The minimum absolute atomic E-state index is 0.0156. The highest BCUT2D eigenvalue weighted by atomic mass is 32.3. The van der Waals surface area contributed by atoms with Gasteiger partial charge in [0.05, 0.1) is 17.5 Å². The molecular weight excluding hydrogens is 504 g/mol. The predicted octanol–water partition coefficient (Wildman–Crippen LogP) is 3.67. The van der Waals surface area contributed by atoms with Crippen molar-refractivity contribution in [2.45, 2.75) is 43.2 Å². The summed E-state index contributed by atoms with van der Waals surface area (Å²) >= 11 is 0. The summed E-state index contributed by atoms with van der Waals surface area (Å²) in [7, 11) is -1.70. The molecule has 202 valence electrons. The monoisotopic (exact) mass is 537 g/mol. The normalized spacial score (nSPS) is 16.5. The van der Waals surface area contributed by atoms with Crippen molar-refractivity contribution in [3.05, 3.63) is 53.1 Å². The van der Waals surface area contributed by atoms with E-state index in [-0.39, 0.29) is 30.0 Å². The van der Waals surface area contributed by atoms with Crippen molar-refractivity contribution in [3.63, 3.8) is 0 Å². The first-order chi connectivity index (χ1) is 17.3. The van der Waals surface area contributed by atoms with Crippen molar-refractivity contribution < 1.29 is 33.0 Å². The number of carboxylic acid groups (broad SMARTS) is 1. The van der Waals surface area contributed by atoms with Gasteiger partial charge in [-0.25, -0.2) is 18.8 Å². The zero-order valence-corrected chi connectivity index (χ0v) is 22.2. The van der Waals surface area contributed by atoms with Crippen LogP contribution in [0.25, 0.3) is 0 Å². The number of aliphatic carboxylic acids is 1. The highest BCUT2D eigenvalue weighted by molar-refractivity contribution is 8.32. The molecule has 0 saturated heterocycles. The second kappa shape index (κ2) is 11.5. The first-order valence-electron chi connectivity index (χ1n) is 11.8. The number of ether oxygens (including phenoxy) is 1. The molecule has 2 aromatic rings. The Balaban J connectivity index is 1.97. The van der Waals surface area contributed by atoms with E-state index in [4.69, 9.17) is 15.6 Å². The van der Waals surface area contributed by atoms with E-state index in [0.29, 0.717) is 24.3 Å². The highest BCUT2D eigenvalue weighted by Gasteiger charge is 2.38.